The van der Waals surface area contributed by atoms with Crippen molar-refractivity contribution in [3.63, 3.8) is 0 Å². The van der Waals surface area contributed by atoms with Gasteiger partial charge in [-0.3, -0.25) is 4.91 Å². The molecule has 0 aromatic heterocycles. The van der Waals surface area contributed by atoms with E-state index >= 15 is 0 Å². The Morgan fingerprint density at radius 1 is 0.867 bits per heavy atom. The fourth-order valence-corrected chi connectivity index (χ4v) is 1.44. The second-order valence-corrected chi connectivity index (χ2v) is 5.17. The largest absolute Gasteiger partial charge is 0.373 e. The Labute approximate surface area is 94.7 Å². The normalized spacial score (nSPS) is 10.1. The van der Waals surface area contributed by atoms with E-state index < -0.39 is 0 Å². The molecule has 0 aliphatic carbocycles. The number of hydrogen-bond acceptors (Lipinski definition) is 0. The summed E-state index contributed by atoms with van der Waals surface area (Å²) in [5.41, 5.74) is 14.0. The molecular weight excluding hydrogens is 186 g/mol. The first-order valence-corrected chi connectivity index (χ1v) is 5.96. The smallest absolute Gasteiger partial charge is 0.0383 e. The number of rotatable bonds is 6. The van der Waals surface area contributed by atoms with Crippen LogP contribution in [-0.2, 0) is 0 Å². The van der Waals surface area contributed by atoms with Crippen LogP contribution in [-0.4, -0.2) is 0 Å². The molecule has 15 heavy (non-hydrogen) atoms. The standard InChI is InChI=1S/C12H26.N3/c1-5-6-7-8-9-10-11-12(2,3)4;1-3-2/h5-11H2,1-4H3;/q;-1. The van der Waals surface area contributed by atoms with Crippen molar-refractivity contribution in [3.05, 3.63) is 16.0 Å². The van der Waals surface area contributed by atoms with Crippen LogP contribution in [0.1, 0.15) is 72.6 Å². The Balaban J connectivity index is 0. The van der Waals surface area contributed by atoms with Crippen molar-refractivity contribution in [3.8, 4) is 0 Å². The highest BCUT2D eigenvalue weighted by Crippen LogP contribution is 2.22. The Morgan fingerprint density at radius 2 is 1.27 bits per heavy atom. The summed E-state index contributed by atoms with van der Waals surface area (Å²) in [4.78, 5) is 1.50. The van der Waals surface area contributed by atoms with Crippen LogP contribution in [0.3, 0.4) is 0 Å². The van der Waals surface area contributed by atoms with Crippen LogP contribution >= 0.6 is 0 Å². The predicted octanol–water partition coefficient (Wildman–Crippen LogP) is 5.65. The van der Waals surface area contributed by atoms with E-state index in [1.54, 1.807) is 0 Å². The van der Waals surface area contributed by atoms with Crippen LogP contribution in [0.5, 0.6) is 0 Å². The third-order valence-electron chi connectivity index (χ3n) is 2.28. The summed E-state index contributed by atoms with van der Waals surface area (Å²) >= 11 is 0. The van der Waals surface area contributed by atoms with Gasteiger partial charge in [-0.05, 0) is 11.8 Å². The van der Waals surface area contributed by atoms with Gasteiger partial charge in [-0.25, -0.2) is 0 Å². The van der Waals surface area contributed by atoms with Crippen molar-refractivity contribution < 1.29 is 0 Å². The second kappa shape index (κ2) is 11.4. The molecule has 0 unspecified atom stereocenters. The average Bonchev–Trinajstić information content (AvgIpc) is 2.11. The lowest BCUT2D eigenvalue weighted by Gasteiger charge is -2.17. The molecule has 0 saturated heterocycles. The molecule has 90 valence electrons. The monoisotopic (exact) mass is 212 g/mol. The lowest BCUT2D eigenvalue weighted by atomic mass is 9.89. The summed E-state index contributed by atoms with van der Waals surface area (Å²) in [7, 11) is 0. The number of hydrogen-bond donors (Lipinski definition) is 0. The van der Waals surface area contributed by atoms with E-state index in [2.05, 4.69) is 27.7 Å². The molecule has 0 bridgehead atoms. The van der Waals surface area contributed by atoms with Gasteiger partial charge < -0.3 is 11.1 Å². The molecular formula is C12H26N3-. The zero-order chi connectivity index (χ0) is 12.2. The molecule has 0 aromatic carbocycles. The lowest BCUT2D eigenvalue weighted by molar-refractivity contribution is 0.356. The van der Waals surface area contributed by atoms with E-state index in [0.717, 1.165) is 0 Å². The topological polar surface area (TPSA) is 58.7 Å². The second-order valence-electron chi connectivity index (χ2n) is 5.17. The molecule has 0 amide bonds. The molecule has 0 fully saturated rings. The fourth-order valence-electron chi connectivity index (χ4n) is 1.44. The van der Waals surface area contributed by atoms with Crippen LogP contribution in [0.2, 0.25) is 0 Å². The molecule has 3 heteroatoms. The van der Waals surface area contributed by atoms with Crippen molar-refractivity contribution in [2.24, 2.45) is 5.41 Å². The summed E-state index contributed by atoms with van der Waals surface area (Å²) < 4.78 is 0. The first kappa shape index (κ1) is 16.7. The molecule has 0 rings (SSSR count). The first-order chi connectivity index (χ1) is 6.97. The van der Waals surface area contributed by atoms with Crippen molar-refractivity contribution in [2.45, 2.75) is 72.6 Å². The Morgan fingerprint density at radius 3 is 1.67 bits per heavy atom. The van der Waals surface area contributed by atoms with Crippen molar-refractivity contribution >= 4 is 0 Å². The summed E-state index contributed by atoms with van der Waals surface area (Å²) in [6, 6.07) is 0. The van der Waals surface area contributed by atoms with Crippen molar-refractivity contribution in [1.82, 2.24) is 0 Å². The van der Waals surface area contributed by atoms with Gasteiger partial charge in [0.25, 0.3) is 0 Å². The molecule has 0 aliphatic rings. The minimum atomic E-state index is 0.546. The molecule has 3 nitrogen and oxygen atoms in total. The van der Waals surface area contributed by atoms with Crippen molar-refractivity contribution in [1.29, 1.82) is 0 Å². The maximum absolute atomic E-state index is 6.75. The Hall–Kier alpha value is -0.690. The summed E-state index contributed by atoms with van der Waals surface area (Å²) in [6.07, 6.45) is 9.93. The Kier molecular flexibility index (Phi) is 12.7. The molecule has 0 radical (unpaired) electrons. The highest BCUT2D eigenvalue weighted by atomic mass is 15.0. The summed E-state index contributed by atoms with van der Waals surface area (Å²) in [5, 5.41) is 0. The van der Waals surface area contributed by atoms with Crippen LogP contribution in [0.15, 0.2) is 0 Å². The van der Waals surface area contributed by atoms with E-state index in [4.69, 9.17) is 11.1 Å². The zero-order valence-corrected chi connectivity index (χ0v) is 10.8. The van der Waals surface area contributed by atoms with E-state index in [1.165, 1.54) is 49.9 Å². The first-order valence-electron chi connectivity index (χ1n) is 5.96. The van der Waals surface area contributed by atoms with E-state index in [9.17, 15) is 0 Å². The van der Waals surface area contributed by atoms with Gasteiger partial charge in [-0.15, -0.1) is 0 Å². The van der Waals surface area contributed by atoms with E-state index in [0.29, 0.717) is 5.41 Å². The predicted molar refractivity (Wildman–Crippen MR) is 67.5 cm³/mol. The molecule has 0 N–H and O–H groups in total. The maximum Gasteiger partial charge on any atom is -0.0383 e. The molecule has 0 aromatic rings. The van der Waals surface area contributed by atoms with Gasteiger partial charge in [0.2, 0.25) is 0 Å². The highest BCUT2D eigenvalue weighted by molar-refractivity contribution is 4.60. The molecule has 0 spiro atoms. The third-order valence-corrected chi connectivity index (χ3v) is 2.28. The molecule has 0 atom stereocenters. The molecule has 0 saturated carbocycles. The summed E-state index contributed by atoms with van der Waals surface area (Å²) in [5.74, 6) is 0. The summed E-state index contributed by atoms with van der Waals surface area (Å²) in [6.45, 7) is 9.27. The van der Waals surface area contributed by atoms with Crippen LogP contribution in [0, 0.1) is 5.41 Å². The maximum atomic E-state index is 6.75. The van der Waals surface area contributed by atoms with Gasteiger partial charge in [-0.2, -0.15) is 0 Å². The van der Waals surface area contributed by atoms with Gasteiger partial charge in [0.05, 0.1) is 0 Å². The minimum Gasteiger partial charge on any atom is -0.373 e. The third kappa shape index (κ3) is 24.7. The van der Waals surface area contributed by atoms with E-state index in [1.807, 2.05) is 0 Å². The average molecular weight is 212 g/mol. The van der Waals surface area contributed by atoms with Gasteiger partial charge in [0.1, 0.15) is 0 Å². The Bertz CT molecular complexity index is 153. The van der Waals surface area contributed by atoms with Gasteiger partial charge in [0, 0.05) is 0 Å². The fraction of sp³-hybridized carbons (Fsp3) is 1.00. The SMILES string of the molecule is CCCCCCCCC(C)(C)C.[N-]=[N+]=[N-]. The van der Waals surface area contributed by atoms with Crippen LogP contribution < -0.4 is 0 Å². The molecule has 0 heterocycles. The lowest BCUT2D eigenvalue weighted by Crippen LogP contribution is -2.03. The van der Waals surface area contributed by atoms with Crippen molar-refractivity contribution in [2.75, 3.05) is 0 Å². The van der Waals surface area contributed by atoms with E-state index in [-0.39, 0.29) is 0 Å². The highest BCUT2D eigenvalue weighted by Gasteiger charge is 2.08. The molecule has 0 aliphatic heterocycles. The quantitative estimate of drug-likeness (QED) is 0.236. The number of unbranched alkanes of at least 4 members (excludes halogenated alkanes) is 5. The van der Waals surface area contributed by atoms with Gasteiger partial charge >= 0.3 is 0 Å². The zero-order valence-electron chi connectivity index (χ0n) is 10.8. The van der Waals surface area contributed by atoms with Crippen LogP contribution in [0.25, 0.3) is 16.0 Å². The number of nitrogens with zero attached hydrogens (tertiary/aromatic N) is 3. The minimum absolute atomic E-state index is 0.546. The van der Waals surface area contributed by atoms with Gasteiger partial charge in [0.15, 0.2) is 0 Å². The van der Waals surface area contributed by atoms with Crippen LogP contribution in [0.4, 0.5) is 0 Å². The van der Waals surface area contributed by atoms with Gasteiger partial charge in [-0.1, -0.05) is 66.2 Å².